The number of amides is 1. The lowest BCUT2D eigenvalue weighted by Crippen LogP contribution is -2.51. The highest BCUT2D eigenvalue weighted by Gasteiger charge is 2.32. The molecule has 7 nitrogen and oxygen atoms in total. The molecule has 1 aromatic heterocycles. The second-order valence-electron chi connectivity index (χ2n) is 9.92. The number of piperidine rings is 1. The van der Waals surface area contributed by atoms with Crippen LogP contribution in [0, 0.1) is 28.5 Å². The van der Waals surface area contributed by atoms with Crippen LogP contribution in [0.1, 0.15) is 46.1 Å². The number of likely N-dealkylation sites (N-methyl/N-ethyl adjacent to an activating group) is 1. The summed E-state index contributed by atoms with van der Waals surface area (Å²) in [6.45, 7) is 9.75. The van der Waals surface area contributed by atoms with Crippen molar-refractivity contribution < 1.29 is 9.18 Å². The monoisotopic (exact) mass is 438 g/mol. The second-order valence-corrected chi connectivity index (χ2v) is 9.92. The SMILES string of the molecule is CC1CC(N(C)C(=O)CC(C)(C)C)CN(c2cc(-c3ccc(C#N)c(F)c3)nc(N)n2)C1. The smallest absolute Gasteiger partial charge is 0.223 e. The van der Waals surface area contributed by atoms with E-state index in [1.54, 1.807) is 12.1 Å². The van der Waals surface area contributed by atoms with Crippen LogP contribution in [0.25, 0.3) is 11.3 Å². The van der Waals surface area contributed by atoms with E-state index in [2.05, 4.69) is 42.6 Å². The Bertz CT molecular complexity index is 1040. The number of hydrogen-bond acceptors (Lipinski definition) is 6. The number of anilines is 2. The van der Waals surface area contributed by atoms with Crippen LogP contribution < -0.4 is 10.6 Å². The topological polar surface area (TPSA) is 99.1 Å². The molecular formula is C24H31FN6O. The van der Waals surface area contributed by atoms with E-state index in [1.165, 1.54) is 12.1 Å². The van der Waals surface area contributed by atoms with E-state index in [4.69, 9.17) is 11.0 Å². The molecule has 0 aliphatic carbocycles. The van der Waals surface area contributed by atoms with Gasteiger partial charge in [-0.15, -0.1) is 0 Å². The molecule has 170 valence electrons. The van der Waals surface area contributed by atoms with Crippen molar-refractivity contribution >= 4 is 17.7 Å². The number of aromatic nitrogens is 2. The Labute approximate surface area is 189 Å². The predicted octanol–water partition coefficient (Wildman–Crippen LogP) is 3.85. The fourth-order valence-electron chi connectivity index (χ4n) is 4.10. The number of carbonyl (C=O) groups excluding carboxylic acids is 1. The fraction of sp³-hybridized carbons (Fsp3) is 0.500. The van der Waals surface area contributed by atoms with Gasteiger partial charge in [-0.05, 0) is 29.9 Å². The quantitative estimate of drug-likeness (QED) is 0.778. The average molecular weight is 439 g/mol. The minimum absolute atomic E-state index is 0.0216. The third-order valence-corrected chi connectivity index (χ3v) is 5.70. The molecule has 32 heavy (non-hydrogen) atoms. The number of benzene rings is 1. The van der Waals surface area contributed by atoms with Crippen LogP contribution in [0.5, 0.6) is 0 Å². The summed E-state index contributed by atoms with van der Waals surface area (Å²) in [5.74, 6) is 0.618. The second kappa shape index (κ2) is 9.11. The molecular weight excluding hydrogens is 407 g/mol. The van der Waals surface area contributed by atoms with E-state index < -0.39 is 5.82 Å². The van der Waals surface area contributed by atoms with E-state index in [1.807, 2.05) is 18.0 Å². The number of hydrogen-bond donors (Lipinski definition) is 1. The summed E-state index contributed by atoms with van der Waals surface area (Å²) in [5.41, 5.74) is 6.90. The molecule has 1 amide bonds. The summed E-state index contributed by atoms with van der Waals surface area (Å²) in [4.78, 5) is 25.4. The maximum atomic E-state index is 14.1. The van der Waals surface area contributed by atoms with Gasteiger partial charge in [0.25, 0.3) is 0 Å². The molecule has 0 radical (unpaired) electrons. The van der Waals surface area contributed by atoms with E-state index in [0.29, 0.717) is 36.0 Å². The summed E-state index contributed by atoms with van der Waals surface area (Å²) >= 11 is 0. The molecule has 2 aromatic rings. The molecule has 1 aliphatic rings. The molecule has 8 heteroatoms. The van der Waals surface area contributed by atoms with Crippen molar-refractivity contribution in [3.8, 4) is 17.3 Å². The first kappa shape index (κ1) is 23.5. The van der Waals surface area contributed by atoms with E-state index in [-0.39, 0.29) is 28.9 Å². The van der Waals surface area contributed by atoms with Crippen LogP contribution in [0.4, 0.5) is 16.2 Å². The Hall–Kier alpha value is -3.21. The van der Waals surface area contributed by atoms with Crippen LogP contribution in [-0.2, 0) is 4.79 Å². The first-order valence-electron chi connectivity index (χ1n) is 10.8. The van der Waals surface area contributed by atoms with Gasteiger partial charge in [0.15, 0.2) is 0 Å². The van der Waals surface area contributed by atoms with Crippen molar-refractivity contribution in [3.63, 3.8) is 0 Å². The Morgan fingerprint density at radius 2 is 2.03 bits per heavy atom. The third-order valence-electron chi connectivity index (χ3n) is 5.70. The predicted molar refractivity (Wildman–Crippen MR) is 123 cm³/mol. The van der Waals surface area contributed by atoms with Crippen molar-refractivity contribution in [1.82, 2.24) is 14.9 Å². The van der Waals surface area contributed by atoms with Gasteiger partial charge in [-0.1, -0.05) is 33.8 Å². The number of carbonyl (C=O) groups is 1. The zero-order valence-corrected chi connectivity index (χ0v) is 19.4. The van der Waals surface area contributed by atoms with Gasteiger partial charge in [0, 0.05) is 44.2 Å². The number of halogens is 1. The average Bonchev–Trinajstić information content (AvgIpc) is 2.71. The highest BCUT2D eigenvalue weighted by atomic mass is 19.1. The van der Waals surface area contributed by atoms with E-state index in [9.17, 15) is 9.18 Å². The third kappa shape index (κ3) is 5.52. The lowest BCUT2D eigenvalue weighted by atomic mass is 9.90. The van der Waals surface area contributed by atoms with Crippen molar-refractivity contribution in [1.29, 1.82) is 5.26 Å². The molecule has 1 aromatic carbocycles. The maximum Gasteiger partial charge on any atom is 0.223 e. The maximum absolute atomic E-state index is 14.1. The van der Waals surface area contributed by atoms with Gasteiger partial charge < -0.3 is 15.5 Å². The van der Waals surface area contributed by atoms with Crippen molar-refractivity contribution in [2.75, 3.05) is 30.8 Å². The Morgan fingerprint density at radius 3 is 2.66 bits per heavy atom. The first-order valence-corrected chi connectivity index (χ1v) is 10.8. The van der Waals surface area contributed by atoms with Crippen molar-refractivity contribution in [2.24, 2.45) is 11.3 Å². The standard InChI is InChI=1S/C24H31FN6O/c1-15-8-18(30(5)22(32)11-24(2,3)4)14-31(13-15)21-10-20(28-23(27)29-21)16-6-7-17(12-26)19(25)9-16/h6-7,9-10,15,18H,8,11,13-14H2,1-5H3,(H2,27,28,29). The minimum Gasteiger partial charge on any atom is -0.368 e. The van der Waals surface area contributed by atoms with Gasteiger partial charge in [0.1, 0.15) is 17.7 Å². The molecule has 0 spiro atoms. The molecule has 2 N–H and O–H groups in total. The van der Waals surface area contributed by atoms with Crippen molar-refractivity contribution in [2.45, 2.75) is 46.6 Å². The minimum atomic E-state index is -0.602. The van der Waals surface area contributed by atoms with Crippen LogP contribution in [-0.4, -0.2) is 47.0 Å². The number of nitrogens with zero attached hydrogens (tertiary/aromatic N) is 5. The van der Waals surface area contributed by atoms with Crippen LogP contribution in [0.3, 0.4) is 0 Å². The number of nitrogen functional groups attached to an aromatic ring is 1. The molecule has 3 rings (SSSR count). The summed E-state index contributed by atoms with van der Waals surface area (Å²) in [6.07, 6.45) is 1.40. The largest absolute Gasteiger partial charge is 0.368 e. The first-order chi connectivity index (χ1) is 15.0. The van der Waals surface area contributed by atoms with Gasteiger partial charge in [-0.25, -0.2) is 9.37 Å². The lowest BCUT2D eigenvalue weighted by molar-refractivity contribution is -0.134. The zero-order valence-electron chi connectivity index (χ0n) is 19.4. The molecule has 2 heterocycles. The number of nitriles is 1. The zero-order chi connectivity index (χ0) is 23.6. The van der Waals surface area contributed by atoms with Gasteiger partial charge in [-0.2, -0.15) is 10.2 Å². The van der Waals surface area contributed by atoms with Gasteiger partial charge in [-0.3, -0.25) is 4.79 Å². The van der Waals surface area contributed by atoms with Gasteiger partial charge in [0.05, 0.1) is 11.3 Å². The summed E-state index contributed by atoms with van der Waals surface area (Å²) < 4.78 is 14.1. The van der Waals surface area contributed by atoms with Crippen LogP contribution in [0.15, 0.2) is 24.3 Å². The number of rotatable bonds is 4. The Morgan fingerprint density at radius 1 is 1.31 bits per heavy atom. The molecule has 2 atom stereocenters. The highest BCUT2D eigenvalue weighted by molar-refractivity contribution is 5.77. The van der Waals surface area contributed by atoms with Crippen LogP contribution >= 0.6 is 0 Å². The number of nitrogens with two attached hydrogens (primary N) is 1. The summed E-state index contributed by atoms with van der Waals surface area (Å²) in [5, 5.41) is 8.96. The molecule has 0 saturated carbocycles. The highest BCUT2D eigenvalue weighted by Crippen LogP contribution is 2.29. The van der Waals surface area contributed by atoms with E-state index >= 15 is 0 Å². The normalized spacial score (nSPS) is 18.8. The molecule has 2 unspecified atom stereocenters. The molecule has 1 saturated heterocycles. The molecule has 1 fully saturated rings. The fourth-order valence-corrected chi connectivity index (χ4v) is 4.10. The molecule has 0 bridgehead atoms. The van der Waals surface area contributed by atoms with Gasteiger partial charge in [0.2, 0.25) is 11.9 Å². The van der Waals surface area contributed by atoms with Crippen molar-refractivity contribution in [3.05, 3.63) is 35.6 Å². The van der Waals surface area contributed by atoms with Crippen LogP contribution in [0.2, 0.25) is 0 Å². The summed E-state index contributed by atoms with van der Waals surface area (Å²) in [7, 11) is 1.87. The Kier molecular flexibility index (Phi) is 6.68. The Balaban J connectivity index is 1.86. The lowest BCUT2D eigenvalue weighted by Gasteiger charge is -2.41. The van der Waals surface area contributed by atoms with Gasteiger partial charge >= 0.3 is 0 Å². The molecule has 1 aliphatic heterocycles. The van der Waals surface area contributed by atoms with E-state index in [0.717, 1.165) is 13.0 Å². The summed E-state index contributed by atoms with van der Waals surface area (Å²) in [6, 6.07) is 8.01.